The van der Waals surface area contributed by atoms with E-state index in [1.165, 1.54) is 49.2 Å². The summed E-state index contributed by atoms with van der Waals surface area (Å²) < 4.78 is 4.79. The van der Waals surface area contributed by atoms with Gasteiger partial charge in [-0.1, -0.05) is 218 Å². The van der Waals surface area contributed by atoms with Crippen molar-refractivity contribution < 1.29 is 20.1 Å². The standard InChI is InChI=1S/C51H33N5.C17H12N.2C11H8N.Ir/c1-4-15-34(16-5-1)49-52-50(35-17-6-2-7-18-35)54-51(53-49)38-20-14-19-36(31-38)37-27-29-43-41-23-11-13-26-46(41)56(47(43)32-37)40-28-30-44-42-24-10-12-25-45(42)55(48(44)33-40)39-21-8-3-9-22-39;1-2-7-14(8-3-1)15-9-6-10-16(13-15)17-11-4-5-12-18-17;2*1-2-6-10(7-3-1)11-8-4-5-9-12-11;/h1-33H;1-9,11-13H;2*1-6,8-9H;/q;3*-1;+3. The van der Waals surface area contributed by atoms with Gasteiger partial charge in [0.05, 0.1) is 22.1 Å². The minimum absolute atomic E-state index is 0. The molecule has 9 heteroatoms. The van der Waals surface area contributed by atoms with Gasteiger partial charge in [0.2, 0.25) is 0 Å². The fourth-order valence-corrected chi connectivity index (χ4v) is 12.3. The average Bonchev–Trinajstić information content (AvgIpc) is 1.59. The van der Waals surface area contributed by atoms with Crippen molar-refractivity contribution in [3.63, 3.8) is 0 Å². The van der Waals surface area contributed by atoms with Crippen molar-refractivity contribution in [3.8, 4) is 102 Å². The summed E-state index contributed by atoms with van der Waals surface area (Å²) in [5.41, 5.74) is 20.4. The fourth-order valence-electron chi connectivity index (χ4n) is 12.3. The van der Waals surface area contributed by atoms with Gasteiger partial charge in [-0.05, 0) is 101 Å². The van der Waals surface area contributed by atoms with E-state index >= 15 is 0 Å². The summed E-state index contributed by atoms with van der Waals surface area (Å²) in [6, 6.07) is 130. The van der Waals surface area contributed by atoms with Crippen LogP contribution in [0.2, 0.25) is 0 Å². The topological polar surface area (TPSA) is 87.2 Å². The number of aromatic nitrogens is 8. The summed E-state index contributed by atoms with van der Waals surface area (Å²) in [6.07, 6.45) is 5.38. The molecule has 0 radical (unpaired) electrons. The Morgan fingerprint density at radius 3 is 1.14 bits per heavy atom. The minimum Gasteiger partial charge on any atom is -0.309 e. The zero-order chi connectivity index (χ0) is 65.7. The van der Waals surface area contributed by atoms with Gasteiger partial charge >= 0.3 is 20.1 Å². The SMILES string of the molecule is [Ir+3].[c-]1ccc(-c2ccccc2)cc1-c1ccccn1.[c-]1ccccc1-c1ccccn1.[c-]1ccccc1-c1ccccn1.c1ccc(-c2nc(-c3ccccc3)nc(-c3cccc(-c4ccc5c6ccccc6n(-c6ccc7c8ccccc8n(-c8ccccc8)c7c6)c5c4)c3)n2)cc1. The van der Waals surface area contributed by atoms with Crippen LogP contribution >= 0.6 is 0 Å². The van der Waals surface area contributed by atoms with Gasteiger partial charge in [0.1, 0.15) is 0 Å². The largest absolute Gasteiger partial charge is 3.00 e. The minimum atomic E-state index is 0. The molecular weight excluding hydrogens is 1390 g/mol. The number of fused-ring (bicyclic) bond motifs is 6. The van der Waals surface area contributed by atoms with Crippen LogP contribution in [0.5, 0.6) is 0 Å². The summed E-state index contributed by atoms with van der Waals surface area (Å²) in [7, 11) is 0. The number of para-hydroxylation sites is 3. The Kier molecular flexibility index (Phi) is 19.6. The molecule has 0 aliphatic carbocycles. The molecule has 12 aromatic carbocycles. The monoisotopic (exact) mass is 1450 g/mol. The summed E-state index contributed by atoms with van der Waals surface area (Å²) in [5, 5.41) is 4.91. The number of hydrogen-bond donors (Lipinski definition) is 0. The molecule has 0 aliphatic heterocycles. The van der Waals surface area contributed by atoms with Crippen LogP contribution in [0, 0.1) is 18.2 Å². The van der Waals surface area contributed by atoms with Crippen molar-refractivity contribution >= 4 is 43.6 Å². The van der Waals surface area contributed by atoms with Crippen LogP contribution in [-0.2, 0) is 20.1 Å². The zero-order valence-electron chi connectivity index (χ0n) is 53.6. The van der Waals surface area contributed by atoms with E-state index in [2.05, 4.69) is 206 Å². The Hall–Kier alpha value is -12.7. The van der Waals surface area contributed by atoms with Gasteiger partial charge in [0.15, 0.2) is 17.5 Å². The molecule has 8 nitrogen and oxygen atoms in total. The molecule has 6 heterocycles. The second-order valence-electron chi connectivity index (χ2n) is 23.1. The van der Waals surface area contributed by atoms with Gasteiger partial charge in [-0.3, -0.25) is 0 Å². The van der Waals surface area contributed by atoms with Crippen LogP contribution in [0.3, 0.4) is 0 Å². The third-order valence-corrected chi connectivity index (χ3v) is 16.9. The molecule has 0 spiro atoms. The third kappa shape index (κ3) is 14.3. The number of rotatable bonds is 10. The number of nitrogens with zero attached hydrogens (tertiary/aromatic N) is 8. The van der Waals surface area contributed by atoms with Gasteiger partial charge in [0.25, 0.3) is 0 Å². The first-order chi connectivity index (χ1) is 48.6. The van der Waals surface area contributed by atoms with E-state index < -0.39 is 0 Å². The first-order valence-corrected chi connectivity index (χ1v) is 32.5. The number of pyridine rings is 3. The van der Waals surface area contributed by atoms with E-state index in [9.17, 15) is 0 Å². The molecule has 0 N–H and O–H groups in total. The Morgan fingerprint density at radius 1 is 0.222 bits per heavy atom. The van der Waals surface area contributed by atoms with Crippen LogP contribution in [0.4, 0.5) is 0 Å². The fraction of sp³-hybridized carbons (Fsp3) is 0. The Balaban J connectivity index is 0.000000155. The maximum Gasteiger partial charge on any atom is 3.00 e. The maximum atomic E-state index is 5.01. The van der Waals surface area contributed by atoms with Crippen LogP contribution in [0.25, 0.3) is 145 Å². The van der Waals surface area contributed by atoms with E-state index in [1.54, 1.807) is 18.6 Å². The van der Waals surface area contributed by atoms with Gasteiger partial charge in [-0.15, -0.1) is 107 Å². The Labute approximate surface area is 589 Å². The van der Waals surface area contributed by atoms with Crippen molar-refractivity contribution in [1.82, 2.24) is 39.0 Å². The van der Waals surface area contributed by atoms with Crippen LogP contribution in [0.15, 0.2) is 370 Å². The average molecular weight is 1450 g/mol. The molecule has 0 aliphatic rings. The molecule has 0 fully saturated rings. The molecule has 0 bridgehead atoms. The summed E-state index contributed by atoms with van der Waals surface area (Å²) in [6.45, 7) is 0. The van der Waals surface area contributed by atoms with E-state index in [-0.39, 0.29) is 20.1 Å². The smallest absolute Gasteiger partial charge is 0.309 e. The quantitative estimate of drug-likeness (QED) is 0.127. The van der Waals surface area contributed by atoms with Crippen molar-refractivity contribution in [1.29, 1.82) is 0 Å². The van der Waals surface area contributed by atoms with Crippen LogP contribution in [-0.4, -0.2) is 39.0 Å². The summed E-state index contributed by atoms with van der Waals surface area (Å²) in [4.78, 5) is 27.7. The predicted molar refractivity (Wildman–Crippen MR) is 401 cm³/mol. The number of benzene rings is 12. The van der Waals surface area contributed by atoms with Crippen molar-refractivity contribution in [2.24, 2.45) is 0 Å². The van der Waals surface area contributed by atoms with Crippen LogP contribution < -0.4 is 0 Å². The zero-order valence-corrected chi connectivity index (χ0v) is 56.0. The first-order valence-electron chi connectivity index (χ1n) is 32.5. The Morgan fingerprint density at radius 2 is 0.616 bits per heavy atom. The van der Waals surface area contributed by atoms with Crippen molar-refractivity contribution in [2.45, 2.75) is 0 Å². The van der Waals surface area contributed by atoms with E-state index in [0.29, 0.717) is 17.5 Å². The van der Waals surface area contributed by atoms with Gasteiger partial charge < -0.3 is 24.1 Å². The van der Waals surface area contributed by atoms with Gasteiger partial charge in [-0.25, -0.2) is 15.0 Å². The molecule has 99 heavy (non-hydrogen) atoms. The predicted octanol–water partition coefficient (Wildman–Crippen LogP) is 22.0. The molecule has 0 amide bonds. The van der Waals surface area contributed by atoms with E-state index in [1.807, 2.05) is 188 Å². The molecule has 0 saturated heterocycles. The third-order valence-electron chi connectivity index (χ3n) is 16.9. The molecule has 470 valence electrons. The van der Waals surface area contributed by atoms with E-state index in [4.69, 9.17) is 15.0 Å². The summed E-state index contributed by atoms with van der Waals surface area (Å²) in [5.74, 6) is 1.93. The molecule has 0 saturated carbocycles. The van der Waals surface area contributed by atoms with Crippen LogP contribution in [0.1, 0.15) is 0 Å². The molecular formula is C90H61IrN8. The van der Waals surface area contributed by atoms with Crippen molar-refractivity contribution in [3.05, 3.63) is 389 Å². The summed E-state index contributed by atoms with van der Waals surface area (Å²) >= 11 is 0. The second-order valence-corrected chi connectivity index (χ2v) is 23.1. The second kappa shape index (κ2) is 30.4. The van der Waals surface area contributed by atoms with E-state index in [0.717, 1.165) is 78.5 Å². The van der Waals surface area contributed by atoms with Gasteiger partial charge in [-0.2, -0.15) is 0 Å². The Bertz CT molecular complexity index is 5390. The first kappa shape index (κ1) is 63.7. The normalized spacial score (nSPS) is 10.7. The molecule has 6 aromatic heterocycles. The number of hydrogen-bond acceptors (Lipinski definition) is 6. The molecule has 0 unspecified atom stereocenters. The molecule has 18 rings (SSSR count). The molecule has 18 aromatic rings. The van der Waals surface area contributed by atoms with Crippen molar-refractivity contribution in [2.75, 3.05) is 0 Å². The maximum absolute atomic E-state index is 5.01. The molecule has 0 atom stereocenters. The van der Waals surface area contributed by atoms with Gasteiger partial charge in [0, 0.05) is 68.2 Å².